The molecule has 0 spiro atoms. The number of nitrogens with zero attached hydrogens (tertiary/aromatic N) is 2. The molecule has 0 amide bonds. The molecule has 0 aliphatic heterocycles. The molecule has 121 valence electrons. The SMILES string of the molecule is [c]1ncnc2cc(-c3ccc(-c4ccccc4)c4ccccc34)ccc12. The van der Waals surface area contributed by atoms with Crippen LogP contribution in [-0.2, 0) is 0 Å². The van der Waals surface area contributed by atoms with Gasteiger partial charge in [-0.05, 0) is 45.2 Å². The van der Waals surface area contributed by atoms with Gasteiger partial charge in [0.15, 0.2) is 0 Å². The molecule has 0 saturated carbocycles. The van der Waals surface area contributed by atoms with Gasteiger partial charge in [-0.1, -0.05) is 72.8 Å². The molecule has 0 bridgehead atoms. The van der Waals surface area contributed by atoms with Crippen molar-refractivity contribution in [3.8, 4) is 22.3 Å². The fraction of sp³-hybridized carbons (Fsp3) is 0. The maximum absolute atomic E-state index is 4.37. The first-order valence-corrected chi connectivity index (χ1v) is 8.60. The Morgan fingerprint density at radius 3 is 2.08 bits per heavy atom. The molecule has 0 aliphatic carbocycles. The minimum absolute atomic E-state index is 0.911. The maximum Gasteiger partial charge on any atom is 0.116 e. The van der Waals surface area contributed by atoms with Gasteiger partial charge in [-0.15, -0.1) is 0 Å². The van der Waals surface area contributed by atoms with E-state index in [1.165, 1.54) is 27.5 Å². The highest BCUT2D eigenvalue weighted by molar-refractivity contribution is 6.05. The Morgan fingerprint density at radius 1 is 0.615 bits per heavy atom. The molecule has 2 heteroatoms. The number of rotatable bonds is 2. The summed E-state index contributed by atoms with van der Waals surface area (Å²) in [6.07, 6.45) is 4.53. The molecule has 1 aromatic heterocycles. The van der Waals surface area contributed by atoms with Crippen LogP contribution < -0.4 is 0 Å². The number of aromatic nitrogens is 2. The van der Waals surface area contributed by atoms with Crippen molar-refractivity contribution in [2.75, 3.05) is 0 Å². The average molecular weight is 331 g/mol. The molecular formula is C24H15N2. The van der Waals surface area contributed by atoms with Gasteiger partial charge in [0, 0.05) is 5.39 Å². The molecule has 1 radical (unpaired) electrons. The topological polar surface area (TPSA) is 25.8 Å². The third-order valence-electron chi connectivity index (χ3n) is 4.76. The van der Waals surface area contributed by atoms with E-state index in [-0.39, 0.29) is 0 Å². The lowest BCUT2D eigenvalue weighted by atomic mass is 9.92. The van der Waals surface area contributed by atoms with Gasteiger partial charge in [0.25, 0.3) is 0 Å². The number of hydrogen-bond donors (Lipinski definition) is 0. The van der Waals surface area contributed by atoms with Crippen molar-refractivity contribution >= 4 is 21.7 Å². The van der Waals surface area contributed by atoms with Crippen LogP contribution in [0.25, 0.3) is 43.9 Å². The fourth-order valence-electron chi connectivity index (χ4n) is 3.51. The van der Waals surface area contributed by atoms with E-state index >= 15 is 0 Å². The Hall–Kier alpha value is -3.52. The quantitative estimate of drug-likeness (QED) is 0.401. The van der Waals surface area contributed by atoms with Gasteiger partial charge in [0.1, 0.15) is 12.5 Å². The second-order valence-electron chi connectivity index (χ2n) is 6.29. The maximum atomic E-state index is 4.37. The van der Waals surface area contributed by atoms with E-state index in [4.69, 9.17) is 0 Å². The third kappa shape index (κ3) is 2.44. The molecule has 0 unspecified atom stereocenters. The van der Waals surface area contributed by atoms with Crippen LogP contribution in [0.1, 0.15) is 0 Å². The number of fused-ring (bicyclic) bond motifs is 2. The van der Waals surface area contributed by atoms with Crippen molar-refractivity contribution in [2.45, 2.75) is 0 Å². The molecular weight excluding hydrogens is 316 g/mol. The van der Waals surface area contributed by atoms with Crippen molar-refractivity contribution < 1.29 is 0 Å². The van der Waals surface area contributed by atoms with Crippen LogP contribution in [0.2, 0.25) is 0 Å². The predicted molar refractivity (Wildman–Crippen MR) is 107 cm³/mol. The van der Waals surface area contributed by atoms with Crippen LogP contribution >= 0.6 is 0 Å². The summed E-state index contributed by atoms with van der Waals surface area (Å²) in [6.45, 7) is 0. The summed E-state index contributed by atoms with van der Waals surface area (Å²) < 4.78 is 0. The minimum atomic E-state index is 0.911. The smallest absolute Gasteiger partial charge is 0.116 e. The summed E-state index contributed by atoms with van der Waals surface area (Å²) in [5, 5.41) is 3.43. The van der Waals surface area contributed by atoms with E-state index in [0.717, 1.165) is 16.5 Å². The zero-order valence-electron chi connectivity index (χ0n) is 14.1. The Morgan fingerprint density at radius 2 is 1.31 bits per heavy atom. The molecule has 5 rings (SSSR count). The second kappa shape index (κ2) is 6.08. The minimum Gasteiger partial charge on any atom is -0.236 e. The van der Waals surface area contributed by atoms with Crippen LogP contribution in [-0.4, -0.2) is 9.97 Å². The molecule has 5 aromatic rings. The lowest BCUT2D eigenvalue weighted by Crippen LogP contribution is -1.87. The Kier molecular flexibility index (Phi) is 3.46. The Balaban J connectivity index is 1.76. The molecule has 0 N–H and O–H groups in total. The van der Waals surface area contributed by atoms with Crippen molar-refractivity contribution in [1.82, 2.24) is 9.97 Å². The zero-order valence-corrected chi connectivity index (χ0v) is 14.1. The van der Waals surface area contributed by atoms with E-state index in [1.54, 1.807) is 6.33 Å². The lowest BCUT2D eigenvalue weighted by Gasteiger charge is -2.12. The van der Waals surface area contributed by atoms with Gasteiger partial charge in [-0.2, -0.15) is 0 Å². The van der Waals surface area contributed by atoms with Gasteiger partial charge in [0.2, 0.25) is 0 Å². The van der Waals surface area contributed by atoms with Gasteiger partial charge >= 0.3 is 0 Å². The van der Waals surface area contributed by atoms with Crippen LogP contribution in [0.4, 0.5) is 0 Å². The number of benzene rings is 4. The molecule has 0 aliphatic rings. The highest BCUT2D eigenvalue weighted by atomic mass is 14.8. The summed E-state index contributed by atoms with van der Waals surface area (Å²) in [6, 6.07) is 29.8. The first kappa shape index (κ1) is 14.8. The van der Waals surface area contributed by atoms with E-state index in [1.807, 2.05) is 12.1 Å². The van der Waals surface area contributed by atoms with E-state index in [2.05, 4.69) is 89.0 Å². The Bertz CT molecular complexity index is 1230. The molecule has 1 heterocycles. The zero-order chi connectivity index (χ0) is 17.3. The van der Waals surface area contributed by atoms with Gasteiger partial charge < -0.3 is 0 Å². The van der Waals surface area contributed by atoms with E-state index in [0.29, 0.717) is 0 Å². The van der Waals surface area contributed by atoms with Crippen molar-refractivity contribution in [3.63, 3.8) is 0 Å². The molecule has 0 fully saturated rings. The highest BCUT2D eigenvalue weighted by Crippen LogP contribution is 2.36. The summed E-state index contributed by atoms with van der Waals surface area (Å²) in [5.74, 6) is 0. The number of hydrogen-bond acceptors (Lipinski definition) is 2. The van der Waals surface area contributed by atoms with Crippen LogP contribution in [0.5, 0.6) is 0 Å². The molecule has 26 heavy (non-hydrogen) atoms. The summed E-state index contributed by atoms with van der Waals surface area (Å²) in [5.41, 5.74) is 5.76. The standard InChI is InChI=1S/C24H15N2/c1-2-6-17(7-3-1)20-12-13-21(23-9-5-4-8-22(20)23)18-10-11-19-15-25-16-26-24(19)14-18/h1-14,16H. The molecule has 0 saturated heterocycles. The second-order valence-corrected chi connectivity index (χ2v) is 6.29. The monoisotopic (exact) mass is 331 g/mol. The van der Waals surface area contributed by atoms with Crippen molar-refractivity contribution in [2.24, 2.45) is 0 Å². The highest BCUT2D eigenvalue weighted by Gasteiger charge is 2.09. The lowest BCUT2D eigenvalue weighted by molar-refractivity contribution is 1.21. The first-order valence-electron chi connectivity index (χ1n) is 8.60. The molecule has 2 nitrogen and oxygen atoms in total. The van der Waals surface area contributed by atoms with Crippen LogP contribution in [0.15, 0.2) is 91.3 Å². The average Bonchev–Trinajstić information content (AvgIpc) is 2.73. The van der Waals surface area contributed by atoms with Crippen molar-refractivity contribution in [1.29, 1.82) is 0 Å². The van der Waals surface area contributed by atoms with Crippen LogP contribution in [0.3, 0.4) is 0 Å². The predicted octanol–water partition coefficient (Wildman–Crippen LogP) is 5.92. The summed E-state index contributed by atoms with van der Waals surface area (Å²) >= 11 is 0. The summed E-state index contributed by atoms with van der Waals surface area (Å²) in [4.78, 5) is 8.34. The van der Waals surface area contributed by atoms with Crippen molar-refractivity contribution in [3.05, 3.63) is 97.5 Å². The fourth-order valence-corrected chi connectivity index (χ4v) is 3.51. The molecule has 4 aromatic carbocycles. The normalized spacial score (nSPS) is 11.1. The molecule has 0 atom stereocenters. The Labute approximate surface area is 151 Å². The first-order chi connectivity index (χ1) is 12.9. The largest absolute Gasteiger partial charge is 0.236 e. The van der Waals surface area contributed by atoms with Gasteiger partial charge in [-0.3, -0.25) is 0 Å². The van der Waals surface area contributed by atoms with Crippen LogP contribution in [0, 0.1) is 6.20 Å². The third-order valence-corrected chi connectivity index (χ3v) is 4.76. The van der Waals surface area contributed by atoms with E-state index < -0.39 is 0 Å². The van der Waals surface area contributed by atoms with E-state index in [9.17, 15) is 0 Å². The summed E-state index contributed by atoms with van der Waals surface area (Å²) in [7, 11) is 0. The van der Waals surface area contributed by atoms with Gasteiger partial charge in [-0.25, -0.2) is 9.97 Å². The van der Waals surface area contributed by atoms with Gasteiger partial charge in [0.05, 0.1) is 5.52 Å².